The van der Waals surface area contributed by atoms with Gasteiger partial charge in [0.1, 0.15) is 5.52 Å². The fourth-order valence-corrected chi connectivity index (χ4v) is 3.30. The van der Waals surface area contributed by atoms with Gasteiger partial charge < -0.3 is 9.73 Å². The third-order valence-electron chi connectivity index (χ3n) is 4.45. The zero-order valence-corrected chi connectivity index (χ0v) is 18.1. The molecule has 2 aromatic heterocycles. The van der Waals surface area contributed by atoms with Gasteiger partial charge in [-0.15, -0.1) is 5.10 Å². The van der Waals surface area contributed by atoms with Crippen LogP contribution >= 0.6 is 15.9 Å². The van der Waals surface area contributed by atoms with Crippen molar-refractivity contribution in [2.75, 3.05) is 5.32 Å². The maximum Gasteiger partial charge on any atom is 0.278 e. The summed E-state index contributed by atoms with van der Waals surface area (Å²) < 4.78 is 8.36. The van der Waals surface area contributed by atoms with E-state index in [0.29, 0.717) is 28.4 Å². The second-order valence-corrected chi connectivity index (χ2v) is 8.74. The number of carbonyl (C=O) groups is 1. The van der Waals surface area contributed by atoms with Crippen LogP contribution in [0.4, 0.5) is 5.69 Å². The Morgan fingerprint density at radius 3 is 2.69 bits per heavy atom. The van der Waals surface area contributed by atoms with Gasteiger partial charge in [0.05, 0.1) is 11.4 Å². The molecule has 0 atom stereocenters. The first kappa shape index (κ1) is 19.3. The van der Waals surface area contributed by atoms with Gasteiger partial charge >= 0.3 is 0 Å². The van der Waals surface area contributed by atoms with Crippen molar-refractivity contribution >= 4 is 38.6 Å². The Morgan fingerprint density at radius 2 is 1.97 bits per heavy atom. The largest absolute Gasteiger partial charge is 0.440 e. The number of amides is 1. The molecule has 2 heterocycles. The lowest BCUT2D eigenvalue weighted by atomic mass is 9.97. The molecular formula is C21H20BrN5O2. The number of carbonyl (C=O) groups excluding carboxylic acids is 1. The van der Waals surface area contributed by atoms with Gasteiger partial charge in [0.2, 0.25) is 5.89 Å². The Bertz CT molecular complexity index is 1220. The summed E-state index contributed by atoms with van der Waals surface area (Å²) in [4.78, 5) is 17.3. The van der Waals surface area contributed by atoms with Crippen molar-refractivity contribution in [1.29, 1.82) is 0 Å². The average Bonchev–Trinajstić information content (AvgIpc) is 3.24. The number of anilines is 1. The van der Waals surface area contributed by atoms with Crippen molar-refractivity contribution in [1.82, 2.24) is 20.0 Å². The maximum atomic E-state index is 12.8. The van der Waals surface area contributed by atoms with E-state index in [1.807, 2.05) is 52.0 Å². The normalized spacial score (nSPS) is 11.8. The standard InChI is InChI=1S/C21H20BrN5O2/c1-12-18(25-26-27(12)15-7-5-6-13(22)10-15)19(28)23-14-8-9-17-16(11-14)24-20(29-17)21(2,3)4/h5-11H,1-4H3,(H,23,28). The van der Waals surface area contributed by atoms with E-state index in [0.717, 1.165) is 10.2 Å². The highest BCUT2D eigenvalue weighted by Crippen LogP contribution is 2.27. The molecule has 148 valence electrons. The van der Waals surface area contributed by atoms with Crippen LogP contribution < -0.4 is 5.32 Å². The highest BCUT2D eigenvalue weighted by molar-refractivity contribution is 9.10. The monoisotopic (exact) mass is 453 g/mol. The molecule has 0 fully saturated rings. The lowest BCUT2D eigenvalue weighted by molar-refractivity contribution is 0.102. The molecule has 29 heavy (non-hydrogen) atoms. The van der Waals surface area contributed by atoms with Gasteiger partial charge in [-0.2, -0.15) is 0 Å². The molecule has 0 spiro atoms. The Hall–Kier alpha value is -3.00. The topological polar surface area (TPSA) is 85.8 Å². The fraction of sp³-hybridized carbons (Fsp3) is 0.238. The van der Waals surface area contributed by atoms with Crippen LogP contribution in [-0.2, 0) is 5.41 Å². The van der Waals surface area contributed by atoms with Gasteiger partial charge in [0.15, 0.2) is 11.3 Å². The average molecular weight is 454 g/mol. The van der Waals surface area contributed by atoms with E-state index in [9.17, 15) is 4.79 Å². The van der Waals surface area contributed by atoms with E-state index in [-0.39, 0.29) is 17.0 Å². The summed E-state index contributed by atoms with van der Waals surface area (Å²) in [6.07, 6.45) is 0. The van der Waals surface area contributed by atoms with Crippen LogP contribution in [0.2, 0.25) is 0 Å². The Balaban J connectivity index is 1.60. The first-order valence-electron chi connectivity index (χ1n) is 9.13. The van der Waals surface area contributed by atoms with Crippen LogP contribution in [0.5, 0.6) is 0 Å². The number of hydrogen-bond acceptors (Lipinski definition) is 5. The minimum absolute atomic E-state index is 0.190. The van der Waals surface area contributed by atoms with Gasteiger partial charge in [0, 0.05) is 15.6 Å². The number of aromatic nitrogens is 4. The molecule has 4 rings (SSSR count). The van der Waals surface area contributed by atoms with E-state index in [2.05, 4.69) is 36.5 Å². The summed E-state index contributed by atoms with van der Waals surface area (Å²) in [5.74, 6) is 0.325. The molecular weight excluding hydrogens is 434 g/mol. The molecule has 0 saturated heterocycles. The summed E-state index contributed by atoms with van der Waals surface area (Å²) in [5.41, 5.74) is 3.55. The lowest BCUT2D eigenvalue weighted by Crippen LogP contribution is -2.14. The van der Waals surface area contributed by atoms with Crippen LogP contribution in [0.25, 0.3) is 16.8 Å². The Kier molecular flexibility index (Phi) is 4.74. The van der Waals surface area contributed by atoms with Crippen molar-refractivity contribution < 1.29 is 9.21 Å². The number of oxazole rings is 1. The summed E-state index contributed by atoms with van der Waals surface area (Å²) in [6.45, 7) is 7.93. The SMILES string of the molecule is Cc1c(C(=O)Nc2ccc3oc(C(C)(C)C)nc3c2)nnn1-c1cccc(Br)c1. The van der Waals surface area contributed by atoms with Crippen LogP contribution in [0, 0.1) is 6.92 Å². The first-order valence-corrected chi connectivity index (χ1v) is 9.92. The zero-order valence-electron chi connectivity index (χ0n) is 16.5. The predicted octanol–water partition coefficient (Wildman–Crippen LogP) is 5.03. The van der Waals surface area contributed by atoms with E-state index < -0.39 is 0 Å². The zero-order chi connectivity index (χ0) is 20.8. The number of rotatable bonds is 3. The molecule has 1 amide bonds. The van der Waals surface area contributed by atoms with Gasteiger partial charge in [0.25, 0.3) is 5.91 Å². The molecule has 4 aromatic rings. The van der Waals surface area contributed by atoms with E-state index >= 15 is 0 Å². The van der Waals surface area contributed by atoms with Crippen molar-refractivity contribution in [3.8, 4) is 5.69 Å². The molecule has 1 N–H and O–H groups in total. The third kappa shape index (κ3) is 3.80. The second-order valence-electron chi connectivity index (χ2n) is 7.82. The highest BCUT2D eigenvalue weighted by atomic mass is 79.9. The third-order valence-corrected chi connectivity index (χ3v) is 4.94. The summed E-state index contributed by atoms with van der Waals surface area (Å²) >= 11 is 3.44. The van der Waals surface area contributed by atoms with Crippen LogP contribution in [0.15, 0.2) is 51.4 Å². The summed E-state index contributed by atoms with van der Waals surface area (Å²) in [5, 5.41) is 11.1. The molecule has 8 heteroatoms. The number of nitrogens with zero attached hydrogens (tertiary/aromatic N) is 4. The second kappa shape index (κ2) is 7.11. The smallest absolute Gasteiger partial charge is 0.278 e. The van der Waals surface area contributed by atoms with Crippen molar-refractivity contribution in [3.05, 3.63) is 64.2 Å². The lowest BCUT2D eigenvalue weighted by Gasteiger charge is -2.11. The van der Waals surface area contributed by atoms with Gasteiger partial charge in [-0.05, 0) is 43.3 Å². The molecule has 0 saturated carbocycles. The maximum absolute atomic E-state index is 12.8. The van der Waals surface area contributed by atoms with Crippen LogP contribution in [0.1, 0.15) is 42.8 Å². The number of halogens is 1. The molecule has 7 nitrogen and oxygen atoms in total. The Labute approximate surface area is 176 Å². The minimum atomic E-state index is -0.331. The van der Waals surface area contributed by atoms with E-state index in [4.69, 9.17) is 4.42 Å². The molecule has 2 aromatic carbocycles. The molecule has 0 aliphatic carbocycles. The van der Waals surface area contributed by atoms with Gasteiger partial charge in [-0.3, -0.25) is 4.79 Å². The highest BCUT2D eigenvalue weighted by Gasteiger charge is 2.22. The molecule has 0 radical (unpaired) electrons. The minimum Gasteiger partial charge on any atom is -0.440 e. The molecule has 0 aliphatic heterocycles. The van der Waals surface area contributed by atoms with E-state index in [1.54, 1.807) is 22.9 Å². The van der Waals surface area contributed by atoms with Gasteiger partial charge in [-0.25, -0.2) is 9.67 Å². The fourth-order valence-electron chi connectivity index (χ4n) is 2.91. The van der Waals surface area contributed by atoms with Crippen molar-refractivity contribution in [2.24, 2.45) is 0 Å². The number of fused-ring (bicyclic) bond motifs is 1. The molecule has 0 unspecified atom stereocenters. The summed E-state index contributed by atoms with van der Waals surface area (Å²) in [7, 11) is 0. The van der Waals surface area contributed by atoms with Gasteiger partial charge in [-0.1, -0.05) is 48.0 Å². The number of benzene rings is 2. The predicted molar refractivity (Wildman–Crippen MR) is 114 cm³/mol. The quantitative estimate of drug-likeness (QED) is 0.469. The number of nitrogens with one attached hydrogen (secondary N) is 1. The first-order chi connectivity index (χ1) is 13.7. The van der Waals surface area contributed by atoms with E-state index in [1.165, 1.54) is 0 Å². The molecule has 0 aliphatic rings. The molecule has 0 bridgehead atoms. The van der Waals surface area contributed by atoms with Crippen molar-refractivity contribution in [3.63, 3.8) is 0 Å². The van der Waals surface area contributed by atoms with Crippen LogP contribution in [-0.4, -0.2) is 25.9 Å². The Morgan fingerprint density at radius 1 is 1.17 bits per heavy atom. The van der Waals surface area contributed by atoms with Crippen LogP contribution in [0.3, 0.4) is 0 Å². The summed E-state index contributed by atoms with van der Waals surface area (Å²) in [6, 6.07) is 13.0. The number of hydrogen-bond donors (Lipinski definition) is 1. The van der Waals surface area contributed by atoms with Crippen molar-refractivity contribution in [2.45, 2.75) is 33.1 Å².